The van der Waals surface area contributed by atoms with Crippen LogP contribution in [0.4, 0.5) is 5.69 Å². The Kier molecular flexibility index (Phi) is 5.06. The maximum atomic E-state index is 9.55. The molecule has 0 aromatic heterocycles. The Labute approximate surface area is 110 Å². The zero-order valence-corrected chi connectivity index (χ0v) is 11.4. The molecule has 1 aliphatic rings. The lowest BCUT2D eigenvalue weighted by molar-refractivity contribution is 0.237. The fourth-order valence-corrected chi connectivity index (χ4v) is 2.96. The van der Waals surface area contributed by atoms with E-state index in [2.05, 4.69) is 30.4 Å². The summed E-state index contributed by atoms with van der Waals surface area (Å²) in [5.74, 6) is 0.799. The van der Waals surface area contributed by atoms with Crippen molar-refractivity contribution >= 4 is 5.69 Å². The normalized spacial score (nSPS) is 18.6. The minimum atomic E-state index is 0.203. The summed E-state index contributed by atoms with van der Waals surface area (Å²) in [5, 5.41) is 13.0. The lowest BCUT2D eigenvalue weighted by Gasteiger charge is -2.27. The van der Waals surface area contributed by atoms with E-state index in [-0.39, 0.29) is 12.6 Å². The van der Waals surface area contributed by atoms with E-state index >= 15 is 0 Å². The first kappa shape index (κ1) is 13.4. The second-order valence-corrected chi connectivity index (χ2v) is 5.58. The Morgan fingerprint density at radius 2 is 1.94 bits per heavy atom. The van der Waals surface area contributed by atoms with E-state index in [0.717, 1.165) is 18.0 Å². The molecular formula is C16H25NO. The van der Waals surface area contributed by atoms with Gasteiger partial charge in [0.25, 0.3) is 0 Å². The van der Waals surface area contributed by atoms with Crippen LogP contribution in [0.15, 0.2) is 24.3 Å². The molecule has 1 unspecified atom stereocenters. The Morgan fingerprint density at radius 1 is 1.22 bits per heavy atom. The fraction of sp³-hybridized carbons (Fsp3) is 0.625. The van der Waals surface area contributed by atoms with E-state index in [1.165, 1.54) is 37.7 Å². The summed E-state index contributed by atoms with van der Waals surface area (Å²) < 4.78 is 0. The lowest BCUT2D eigenvalue weighted by Crippen LogP contribution is -2.28. The number of hydrogen-bond acceptors (Lipinski definition) is 2. The van der Waals surface area contributed by atoms with Crippen molar-refractivity contribution in [2.75, 3.05) is 11.9 Å². The van der Waals surface area contributed by atoms with Gasteiger partial charge in [-0.2, -0.15) is 0 Å². The molecule has 0 aliphatic heterocycles. The van der Waals surface area contributed by atoms with Crippen molar-refractivity contribution in [1.29, 1.82) is 0 Å². The monoisotopic (exact) mass is 247 g/mol. The summed E-state index contributed by atoms with van der Waals surface area (Å²) >= 11 is 0. The van der Waals surface area contributed by atoms with Gasteiger partial charge in [0.2, 0.25) is 0 Å². The van der Waals surface area contributed by atoms with Gasteiger partial charge in [0, 0.05) is 11.7 Å². The van der Waals surface area contributed by atoms with Crippen LogP contribution in [-0.2, 0) is 0 Å². The highest BCUT2D eigenvalue weighted by Crippen LogP contribution is 2.28. The van der Waals surface area contributed by atoms with Gasteiger partial charge in [-0.05, 0) is 30.9 Å². The van der Waals surface area contributed by atoms with E-state index < -0.39 is 0 Å². The van der Waals surface area contributed by atoms with E-state index in [1.807, 2.05) is 6.07 Å². The summed E-state index contributed by atoms with van der Waals surface area (Å²) in [6.45, 7) is 2.34. The summed E-state index contributed by atoms with van der Waals surface area (Å²) in [5.41, 5.74) is 2.41. The number of aryl methyl sites for hydroxylation is 1. The molecule has 0 heterocycles. The third-order valence-electron chi connectivity index (χ3n) is 4.07. The Bertz CT molecular complexity index is 358. The number of hydrogen-bond donors (Lipinski definition) is 2. The number of aliphatic hydroxyl groups is 1. The smallest absolute Gasteiger partial charge is 0.0632 e. The van der Waals surface area contributed by atoms with Crippen LogP contribution in [0.3, 0.4) is 0 Å². The van der Waals surface area contributed by atoms with Crippen molar-refractivity contribution in [2.45, 2.75) is 51.5 Å². The molecule has 18 heavy (non-hydrogen) atoms. The number of para-hydroxylation sites is 1. The number of benzene rings is 1. The summed E-state index contributed by atoms with van der Waals surface area (Å²) in [4.78, 5) is 0. The van der Waals surface area contributed by atoms with Crippen molar-refractivity contribution in [3.63, 3.8) is 0 Å². The Morgan fingerprint density at radius 3 is 2.61 bits per heavy atom. The van der Waals surface area contributed by atoms with Crippen molar-refractivity contribution in [3.05, 3.63) is 29.8 Å². The molecule has 100 valence electrons. The zero-order valence-electron chi connectivity index (χ0n) is 11.4. The summed E-state index contributed by atoms with van der Waals surface area (Å²) in [7, 11) is 0. The van der Waals surface area contributed by atoms with Gasteiger partial charge in [-0.25, -0.2) is 0 Å². The van der Waals surface area contributed by atoms with Crippen molar-refractivity contribution < 1.29 is 5.11 Å². The maximum Gasteiger partial charge on any atom is 0.0632 e. The molecule has 1 aromatic carbocycles. The van der Waals surface area contributed by atoms with Crippen molar-refractivity contribution in [3.8, 4) is 0 Å². The van der Waals surface area contributed by atoms with Crippen molar-refractivity contribution in [2.24, 2.45) is 5.92 Å². The Hall–Kier alpha value is -1.02. The summed E-state index contributed by atoms with van der Waals surface area (Å²) in [6, 6.07) is 8.50. The van der Waals surface area contributed by atoms with E-state index in [9.17, 15) is 5.11 Å². The first-order valence-electron chi connectivity index (χ1n) is 7.22. The molecule has 2 heteroatoms. The standard InChI is InChI=1S/C16H25NO/c1-13-7-5-6-10-16(13)17-15(12-18)11-14-8-3-2-4-9-14/h5-7,10,14-15,17-18H,2-4,8-9,11-12H2,1H3. The quantitative estimate of drug-likeness (QED) is 0.830. The molecular weight excluding hydrogens is 222 g/mol. The van der Waals surface area contributed by atoms with Crippen LogP contribution in [0.2, 0.25) is 0 Å². The number of nitrogens with one attached hydrogen (secondary N) is 1. The second-order valence-electron chi connectivity index (χ2n) is 5.58. The molecule has 1 aromatic rings. The van der Waals surface area contributed by atoms with E-state index in [4.69, 9.17) is 0 Å². The molecule has 2 rings (SSSR count). The van der Waals surface area contributed by atoms with Gasteiger partial charge in [-0.3, -0.25) is 0 Å². The molecule has 1 atom stereocenters. The topological polar surface area (TPSA) is 32.3 Å². The molecule has 1 aliphatic carbocycles. The Balaban J connectivity index is 1.90. The minimum absolute atomic E-state index is 0.203. The van der Waals surface area contributed by atoms with Crippen LogP contribution in [0.1, 0.15) is 44.1 Å². The van der Waals surface area contributed by atoms with E-state index in [0.29, 0.717) is 0 Å². The number of rotatable bonds is 5. The van der Waals surface area contributed by atoms with Crippen LogP contribution in [0.25, 0.3) is 0 Å². The first-order valence-corrected chi connectivity index (χ1v) is 7.22. The molecule has 1 fully saturated rings. The third-order valence-corrected chi connectivity index (χ3v) is 4.07. The predicted molar refractivity (Wildman–Crippen MR) is 76.9 cm³/mol. The van der Waals surface area contributed by atoms with Gasteiger partial charge >= 0.3 is 0 Å². The summed E-state index contributed by atoms with van der Waals surface area (Å²) in [6.07, 6.45) is 7.91. The van der Waals surface area contributed by atoms with Gasteiger partial charge in [0.05, 0.1) is 6.61 Å². The van der Waals surface area contributed by atoms with Gasteiger partial charge in [-0.1, -0.05) is 50.3 Å². The first-order chi connectivity index (χ1) is 8.79. The zero-order chi connectivity index (χ0) is 12.8. The highest BCUT2D eigenvalue weighted by molar-refractivity contribution is 5.50. The van der Waals surface area contributed by atoms with Crippen molar-refractivity contribution in [1.82, 2.24) is 0 Å². The molecule has 0 saturated heterocycles. The van der Waals surface area contributed by atoms with E-state index in [1.54, 1.807) is 0 Å². The average molecular weight is 247 g/mol. The predicted octanol–water partition coefficient (Wildman–Crippen LogP) is 3.74. The van der Waals surface area contributed by atoms with Crippen LogP contribution < -0.4 is 5.32 Å². The lowest BCUT2D eigenvalue weighted by atomic mass is 9.85. The average Bonchev–Trinajstić information content (AvgIpc) is 2.41. The van der Waals surface area contributed by atoms with Gasteiger partial charge in [0.15, 0.2) is 0 Å². The minimum Gasteiger partial charge on any atom is -0.394 e. The number of anilines is 1. The molecule has 0 amide bonds. The molecule has 0 bridgehead atoms. The molecule has 2 N–H and O–H groups in total. The highest BCUT2D eigenvalue weighted by Gasteiger charge is 2.18. The molecule has 0 radical (unpaired) electrons. The third kappa shape index (κ3) is 3.74. The molecule has 2 nitrogen and oxygen atoms in total. The highest BCUT2D eigenvalue weighted by atomic mass is 16.3. The molecule has 1 saturated carbocycles. The van der Waals surface area contributed by atoms with Crippen LogP contribution in [0.5, 0.6) is 0 Å². The number of aliphatic hydroxyl groups excluding tert-OH is 1. The van der Waals surface area contributed by atoms with Gasteiger partial charge in [-0.15, -0.1) is 0 Å². The van der Waals surface area contributed by atoms with Crippen LogP contribution in [-0.4, -0.2) is 17.8 Å². The largest absolute Gasteiger partial charge is 0.394 e. The van der Waals surface area contributed by atoms with Gasteiger partial charge in [0.1, 0.15) is 0 Å². The fourth-order valence-electron chi connectivity index (χ4n) is 2.96. The second kappa shape index (κ2) is 6.79. The van der Waals surface area contributed by atoms with Crippen LogP contribution >= 0.6 is 0 Å². The SMILES string of the molecule is Cc1ccccc1NC(CO)CC1CCCCC1. The van der Waals surface area contributed by atoms with Gasteiger partial charge < -0.3 is 10.4 Å². The van der Waals surface area contributed by atoms with Crippen LogP contribution in [0, 0.1) is 12.8 Å². The molecule has 0 spiro atoms. The maximum absolute atomic E-state index is 9.55.